The highest BCUT2D eigenvalue weighted by molar-refractivity contribution is 6.32. The summed E-state index contributed by atoms with van der Waals surface area (Å²) in [4.78, 5) is 19.7. The number of nitrogens with one attached hydrogen (secondary N) is 2. The molecule has 2 aromatic rings. The van der Waals surface area contributed by atoms with Gasteiger partial charge >= 0.3 is 0 Å². The number of rotatable bonds is 3. The molecule has 2 N–H and O–H groups in total. The van der Waals surface area contributed by atoms with Crippen LogP contribution in [0.15, 0.2) is 24.3 Å². The number of halogens is 2. The Hall–Kier alpha value is -1.85. The largest absolute Gasteiger partial charge is 0.355 e. The smallest absolute Gasteiger partial charge is 0.253 e. The molecule has 0 saturated carbocycles. The van der Waals surface area contributed by atoms with E-state index in [1.165, 1.54) is 6.07 Å². The van der Waals surface area contributed by atoms with Crippen LogP contribution in [0.3, 0.4) is 0 Å². The zero-order valence-electron chi connectivity index (χ0n) is 10.9. The van der Waals surface area contributed by atoms with Gasteiger partial charge < -0.3 is 10.6 Å². The van der Waals surface area contributed by atoms with E-state index in [-0.39, 0.29) is 16.3 Å². The van der Waals surface area contributed by atoms with Crippen molar-refractivity contribution < 1.29 is 4.79 Å². The fourth-order valence-corrected chi connectivity index (χ4v) is 2.20. The lowest BCUT2D eigenvalue weighted by Gasteiger charge is -2.13. The van der Waals surface area contributed by atoms with Crippen LogP contribution >= 0.6 is 23.2 Å². The molecule has 2 rings (SSSR count). The van der Waals surface area contributed by atoms with Crippen molar-refractivity contribution in [2.24, 2.45) is 0 Å². The first kappa shape index (κ1) is 14.6. The zero-order chi connectivity index (χ0) is 14.7. The number of aromatic nitrogens is 2. The average Bonchev–Trinajstić information content (AvgIpc) is 2.37. The molecule has 20 heavy (non-hydrogen) atoms. The standard InChI is InChI=1S/C13H12Cl2N4O/c1-7-4-3-5-8(11(7)12(20)16-2)17-10-6-9(14)18-13(15)19-10/h3-6H,1-2H3,(H,16,20)(H,17,18,19). The highest BCUT2D eigenvalue weighted by Crippen LogP contribution is 2.24. The molecule has 0 bridgehead atoms. The lowest BCUT2D eigenvalue weighted by molar-refractivity contribution is 0.0963. The summed E-state index contributed by atoms with van der Waals surface area (Å²) in [5.41, 5.74) is 2.01. The van der Waals surface area contributed by atoms with Gasteiger partial charge in [0.2, 0.25) is 5.28 Å². The van der Waals surface area contributed by atoms with Crippen LogP contribution in [0.5, 0.6) is 0 Å². The number of carbonyl (C=O) groups excluding carboxylic acids is 1. The van der Waals surface area contributed by atoms with E-state index in [2.05, 4.69) is 20.6 Å². The van der Waals surface area contributed by atoms with Crippen LogP contribution in [0.1, 0.15) is 15.9 Å². The highest BCUT2D eigenvalue weighted by atomic mass is 35.5. The Morgan fingerprint density at radius 3 is 2.65 bits per heavy atom. The molecule has 7 heteroatoms. The third-order valence-corrected chi connectivity index (χ3v) is 3.02. The minimum atomic E-state index is -0.183. The van der Waals surface area contributed by atoms with E-state index < -0.39 is 0 Å². The van der Waals surface area contributed by atoms with Gasteiger partial charge in [0, 0.05) is 13.1 Å². The van der Waals surface area contributed by atoms with Crippen molar-refractivity contribution >= 4 is 40.6 Å². The van der Waals surface area contributed by atoms with E-state index in [1.54, 1.807) is 13.1 Å². The van der Waals surface area contributed by atoms with E-state index in [0.717, 1.165) is 5.56 Å². The number of benzene rings is 1. The van der Waals surface area contributed by atoms with Gasteiger partial charge in [-0.05, 0) is 30.2 Å². The Balaban J connectivity index is 2.43. The van der Waals surface area contributed by atoms with Gasteiger partial charge in [0.15, 0.2) is 0 Å². The zero-order valence-corrected chi connectivity index (χ0v) is 12.4. The van der Waals surface area contributed by atoms with Crippen molar-refractivity contribution in [2.75, 3.05) is 12.4 Å². The maximum atomic E-state index is 11.9. The molecule has 5 nitrogen and oxygen atoms in total. The van der Waals surface area contributed by atoms with Gasteiger partial charge in [-0.1, -0.05) is 23.7 Å². The summed E-state index contributed by atoms with van der Waals surface area (Å²) in [6.07, 6.45) is 0. The van der Waals surface area contributed by atoms with Gasteiger partial charge in [-0.25, -0.2) is 9.97 Å². The van der Waals surface area contributed by atoms with Crippen molar-refractivity contribution in [3.63, 3.8) is 0 Å². The fourth-order valence-electron chi connectivity index (χ4n) is 1.79. The second-order valence-corrected chi connectivity index (χ2v) is 4.77. The molecular weight excluding hydrogens is 299 g/mol. The Morgan fingerprint density at radius 2 is 2.00 bits per heavy atom. The van der Waals surface area contributed by atoms with Crippen molar-refractivity contribution in [2.45, 2.75) is 6.92 Å². The Bertz CT molecular complexity index is 641. The predicted octanol–water partition coefficient (Wildman–Crippen LogP) is 3.20. The maximum absolute atomic E-state index is 11.9. The van der Waals surface area contributed by atoms with Gasteiger partial charge in [0.25, 0.3) is 5.91 Å². The summed E-state index contributed by atoms with van der Waals surface area (Å²) in [5, 5.41) is 5.90. The van der Waals surface area contributed by atoms with Crippen molar-refractivity contribution in [3.05, 3.63) is 45.8 Å². The molecule has 1 aromatic heterocycles. The second kappa shape index (κ2) is 6.07. The molecule has 0 spiro atoms. The SMILES string of the molecule is CNC(=O)c1c(C)cccc1Nc1cc(Cl)nc(Cl)n1. The van der Waals surface area contributed by atoms with E-state index in [4.69, 9.17) is 23.2 Å². The van der Waals surface area contributed by atoms with E-state index in [0.29, 0.717) is 17.1 Å². The average molecular weight is 311 g/mol. The van der Waals surface area contributed by atoms with Crippen molar-refractivity contribution in [1.29, 1.82) is 0 Å². The minimum Gasteiger partial charge on any atom is -0.355 e. The van der Waals surface area contributed by atoms with Crippen molar-refractivity contribution in [1.82, 2.24) is 15.3 Å². The Kier molecular flexibility index (Phi) is 4.42. The van der Waals surface area contributed by atoms with Gasteiger partial charge in [-0.3, -0.25) is 4.79 Å². The van der Waals surface area contributed by atoms with Crippen LogP contribution in [0.4, 0.5) is 11.5 Å². The molecule has 0 aliphatic carbocycles. The lowest BCUT2D eigenvalue weighted by atomic mass is 10.1. The summed E-state index contributed by atoms with van der Waals surface area (Å²) in [6, 6.07) is 7.01. The summed E-state index contributed by atoms with van der Waals surface area (Å²) in [6.45, 7) is 1.86. The quantitative estimate of drug-likeness (QED) is 0.675. The van der Waals surface area contributed by atoms with Crippen LogP contribution in [0, 0.1) is 6.92 Å². The van der Waals surface area contributed by atoms with E-state index in [1.807, 2.05) is 19.1 Å². The van der Waals surface area contributed by atoms with Crippen LogP contribution < -0.4 is 10.6 Å². The van der Waals surface area contributed by atoms with Crippen molar-refractivity contribution in [3.8, 4) is 0 Å². The molecule has 1 aromatic carbocycles. The number of nitrogens with zero attached hydrogens (tertiary/aromatic N) is 2. The monoisotopic (exact) mass is 310 g/mol. The molecule has 0 radical (unpaired) electrons. The molecule has 1 heterocycles. The molecule has 0 saturated heterocycles. The summed E-state index contributed by atoms with van der Waals surface area (Å²) in [5.74, 6) is 0.239. The second-order valence-electron chi connectivity index (χ2n) is 4.05. The van der Waals surface area contributed by atoms with Gasteiger partial charge in [0.1, 0.15) is 11.0 Å². The molecule has 0 fully saturated rings. The topological polar surface area (TPSA) is 66.9 Å². The number of anilines is 2. The predicted molar refractivity (Wildman–Crippen MR) is 79.9 cm³/mol. The van der Waals surface area contributed by atoms with Crippen LogP contribution in [0.25, 0.3) is 0 Å². The lowest BCUT2D eigenvalue weighted by Crippen LogP contribution is -2.20. The van der Waals surface area contributed by atoms with E-state index in [9.17, 15) is 4.79 Å². The summed E-state index contributed by atoms with van der Waals surface area (Å²) in [7, 11) is 1.58. The van der Waals surface area contributed by atoms with Crippen LogP contribution in [-0.2, 0) is 0 Å². The van der Waals surface area contributed by atoms with Gasteiger partial charge in [-0.15, -0.1) is 0 Å². The molecular formula is C13H12Cl2N4O. The molecule has 0 aliphatic rings. The summed E-state index contributed by atoms with van der Waals surface area (Å²) >= 11 is 11.6. The van der Waals surface area contributed by atoms with Crippen LogP contribution in [0.2, 0.25) is 10.4 Å². The fraction of sp³-hybridized carbons (Fsp3) is 0.154. The Morgan fingerprint density at radius 1 is 1.25 bits per heavy atom. The molecule has 0 unspecified atom stereocenters. The van der Waals surface area contributed by atoms with Gasteiger partial charge in [-0.2, -0.15) is 0 Å². The maximum Gasteiger partial charge on any atom is 0.253 e. The number of hydrogen-bond acceptors (Lipinski definition) is 4. The number of amides is 1. The third-order valence-electron chi connectivity index (χ3n) is 2.66. The molecule has 0 atom stereocenters. The normalized spacial score (nSPS) is 10.2. The first-order valence-corrected chi connectivity index (χ1v) is 6.55. The minimum absolute atomic E-state index is 0.0362. The summed E-state index contributed by atoms with van der Waals surface area (Å²) < 4.78 is 0. The number of aryl methyl sites for hydroxylation is 1. The first-order valence-electron chi connectivity index (χ1n) is 5.80. The molecule has 0 aliphatic heterocycles. The highest BCUT2D eigenvalue weighted by Gasteiger charge is 2.13. The Labute approximate surface area is 126 Å². The number of hydrogen-bond donors (Lipinski definition) is 2. The first-order chi connectivity index (χ1) is 9.51. The van der Waals surface area contributed by atoms with Crippen LogP contribution in [-0.4, -0.2) is 22.9 Å². The van der Waals surface area contributed by atoms with E-state index >= 15 is 0 Å². The molecule has 104 valence electrons. The van der Waals surface area contributed by atoms with Gasteiger partial charge in [0.05, 0.1) is 11.3 Å². The number of carbonyl (C=O) groups is 1. The third kappa shape index (κ3) is 3.18. The molecule has 1 amide bonds.